The summed E-state index contributed by atoms with van der Waals surface area (Å²) in [7, 11) is 0. The SMILES string of the molecule is CC[C@H]1O[C@@H]2OC(C)(C)OC2[C@@]1(O)NCc1ccccc1. The molecule has 0 amide bonds. The minimum Gasteiger partial charge on any atom is -0.370 e. The molecule has 116 valence electrons. The molecule has 0 saturated carbocycles. The standard InChI is InChI=1S/C16H23NO4/c1-4-12-16(18,17-10-11-8-6-5-7-9-11)13-14(19-12)21-15(2,3)20-13/h5-9,12-14,17-18H,4,10H2,1-3H3/t12-,13?,14-,16-/m1/s1. The average Bonchev–Trinajstić information content (AvgIpc) is 2.90. The average molecular weight is 293 g/mol. The Hall–Kier alpha value is -0.980. The summed E-state index contributed by atoms with van der Waals surface area (Å²) in [6, 6.07) is 9.95. The lowest BCUT2D eigenvalue weighted by molar-refractivity contribution is -0.234. The van der Waals surface area contributed by atoms with Crippen LogP contribution < -0.4 is 5.32 Å². The van der Waals surface area contributed by atoms with Gasteiger partial charge >= 0.3 is 0 Å². The third kappa shape index (κ3) is 2.72. The van der Waals surface area contributed by atoms with Gasteiger partial charge < -0.3 is 19.3 Å². The fourth-order valence-corrected chi connectivity index (χ4v) is 3.04. The van der Waals surface area contributed by atoms with Crippen LogP contribution in [0.3, 0.4) is 0 Å². The number of aliphatic hydroxyl groups is 1. The molecular weight excluding hydrogens is 270 g/mol. The summed E-state index contributed by atoms with van der Waals surface area (Å²) in [5, 5.41) is 14.3. The highest BCUT2D eigenvalue weighted by Crippen LogP contribution is 2.42. The van der Waals surface area contributed by atoms with Crippen molar-refractivity contribution < 1.29 is 19.3 Å². The second-order valence-corrected chi connectivity index (χ2v) is 6.12. The second kappa shape index (κ2) is 5.34. The summed E-state index contributed by atoms with van der Waals surface area (Å²) in [6.45, 7) is 6.18. The van der Waals surface area contributed by atoms with Gasteiger partial charge in [0, 0.05) is 6.54 Å². The van der Waals surface area contributed by atoms with Crippen LogP contribution >= 0.6 is 0 Å². The third-order valence-electron chi connectivity index (χ3n) is 4.07. The molecule has 2 aliphatic rings. The number of ether oxygens (including phenoxy) is 3. The summed E-state index contributed by atoms with van der Waals surface area (Å²) < 4.78 is 17.4. The highest BCUT2D eigenvalue weighted by molar-refractivity contribution is 5.15. The number of hydrogen-bond donors (Lipinski definition) is 2. The summed E-state index contributed by atoms with van der Waals surface area (Å²) in [5.41, 5.74) is -0.148. The van der Waals surface area contributed by atoms with Gasteiger partial charge in [-0.15, -0.1) is 0 Å². The number of rotatable bonds is 4. The van der Waals surface area contributed by atoms with E-state index in [4.69, 9.17) is 14.2 Å². The van der Waals surface area contributed by atoms with Gasteiger partial charge in [-0.05, 0) is 25.8 Å². The van der Waals surface area contributed by atoms with Crippen LogP contribution in [0.2, 0.25) is 0 Å². The molecule has 0 radical (unpaired) electrons. The molecule has 2 N–H and O–H groups in total. The van der Waals surface area contributed by atoms with Gasteiger partial charge in [-0.1, -0.05) is 37.3 Å². The van der Waals surface area contributed by atoms with Crippen molar-refractivity contribution in [3.05, 3.63) is 35.9 Å². The Bertz CT molecular complexity index is 492. The summed E-state index contributed by atoms with van der Waals surface area (Å²) in [4.78, 5) is 0. The molecule has 1 aromatic rings. The molecule has 0 spiro atoms. The molecule has 5 heteroatoms. The van der Waals surface area contributed by atoms with Gasteiger partial charge in [0.1, 0.15) is 6.10 Å². The zero-order valence-electron chi connectivity index (χ0n) is 12.7. The zero-order valence-corrected chi connectivity index (χ0v) is 12.7. The Labute approximate surface area is 125 Å². The van der Waals surface area contributed by atoms with E-state index in [1.54, 1.807) is 0 Å². The van der Waals surface area contributed by atoms with Gasteiger partial charge in [0.05, 0.1) is 0 Å². The first-order valence-electron chi connectivity index (χ1n) is 7.47. The van der Waals surface area contributed by atoms with Crippen LogP contribution in [0, 0.1) is 0 Å². The van der Waals surface area contributed by atoms with Gasteiger partial charge in [-0.25, -0.2) is 0 Å². The van der Waals surface area contributed by atoms with Gasteiger partial charge in [0.2, 0.25) is 0 Å². The summed E-state index contributed by atoms with van der Waals surface area (Å²) in [6.07, 6.45) is -0.731. The Morgan fingerprint density at radius 2 is 1.90 bits per heavy atom. The predicted octanol–water partition coefficient (Wildman–Crippen LogP) is 1.75. The molecule has 2 heterocycles. The first-order chi connectivity index (χ1) is 9.94. The monoisotopic (exact) mass is 293 g/mol. The lowest BCUT2D eigenvalue weighted by Crippen LogP contribution is -2.59. The van der Waals surface area contributed by atoms with Crippen molar-refractivity contribution in [3.63, 3.8) is 0 Å². The van der Waals surface area contributed by atoms with E-state index < -0.39 is 23.9 Å². The van der Waals surface area contributed by atoms with Crippen molar-refractivity contribution >= 4 is 0 Å². The molecule has 0 bridgehead atoms. The van der Waals surface area contributed by atoms with E-state index in [0.29, 0.717) is 13.0 Å². The molecule has 0 aromatic heterocycles. The summed E-state index contributed by atoms with van der Waals surface area (Å²) in [5.74, 6) is -0.740. The van der Waals surface area contributed by atoms with Crippen molar-refractivity contribution in [2.45, 2.75) is 63.7 Å². The second-order valence-electron chi connectivity index (χ2n) is 6.12. The normalized spacial score (nSPS) is 37.6. The van der Waals surface area contributed by atoms with Crippen molar-refractivity contribution in [2.75, 3.05) is 0 Å². The Morgan fingerprint density at radius 3 is 2.57 bits per heavy atom. The van der Waals surface area contributed by atoms with E-state index in [1.165, 1.54) is 0 Å². The molecule has 3 rings (SSSR count). The van der Waals surface area contributed by atoms with Gasteiger partial charge in [-0.2, -0.15) is 0 Å². The lowest BCUT2D eigenvalue weighted by Gasteiger charge is -2.34. The number of benzene rings is 1. The van der Waals surface area contributed by atoms with E-state index in [1.807, 2.05) is 51.1 Å². The highest BCUT2D eigenvalue weighted by atomic mass is 16.8. The van der Waals surface area contributed by atoms with E-state index in [2.05, 4.69) is 5.32 Å². The van der Waals surface area contributed by atoms with E-state index in [0.717, 1.165) is 5.56 Å². The Kier molecular flexibility index (Phi) is 3.80. The van der Waals surface area contributed by atoms with Crippen molar-refractivity contribution in [1.82, 2.24) is 5.32 Å². The maximum absolute atomic E-state index is 11.1. The maximum atomic E-state index is 11.1. The molecule has 1 unspecified atom stereocenters. The Morgan fingerprint density at radius 1 is 1.19 bits per heavy atom. The first kappa shape index (κ1) is 14.9. The minimum absolute atomic E-state index is 0.354. The predicted molar refractivity (Wildman–Crippen MR) is 77.2 cm³/mol. The van der Waals surface area contributed by atoms with Crippen LogP contribution in [0.1, 0.15) is 32.8 Å². The summed E-state index contributed by atoms with van der Waals surface area (Å²) >= 11 is 0. The van der Waals surface area contributed by atoms with Crippen LogP contribution in [-0.2, 0) is 20.8 Å². The molecular formula is C16H23NO4. The van der Waals surface area contributed by atoms with E-state index >= 15 is 0 Å². The van der Waals surface area contributed by atoms with Crippen molar-refractivity contribution in [2.24, 2.45) is 0 Å². The zero-order chi connectivity index (χ0) is 15.1. The molecule has 21 heavy (non-hydrogen) atoms. The van der Waals surface area contributed by atoms with E-state index in [9.17, 15) is 5.11 Å². The van der Waals surface area contributed by atoms with E-state index in [-0.39, 0.29) is 6.10 Å². The number of hydrogen-bond acceptors (Lipinski definition) is 5. The molecule has 5 nitrogen and oxygen atoms in total. The van der Waals surface area contributed by atoms with Gasteiger partial charge in [-0.3, -0.25) is 5.32 Å². The molecule has 1 aromatic carbocycles. The van der Waals surface area contributed by atoms with Crippen molar-refractivity contribution in [3.8, 4) is 0 Å². The van der Waals surface area contributed by atoms with Crippen LogP contribution in [0.15, 0.2) is 30.3 Å². The van der Waals surface area contributed by atoms with Crippen LogP contribution in [0.5, 0.6) is 0 Å². The molecule has 2 aliphatic heterocycles. The molecule has 4 atom stereocenters. The lowest BCUT2D eigenvalue weighted by atomic mass is 10.00. The van der Waals surface area contributed by atoms with Crippen molar-refractivity contribution in [1.29, 1.82) is 0 Å². The largest absolute Gasteiger partial charge is 0.370 e. The first-order valence-corrected chi connectivity index (χ1v) is 7.47. The smallest absolute Gasteiger partial charge is 0.191 e. The molecule has 2 saturated heterocycles. The third-order valence-corrected chi connectivity index (χ3v) is 4.07. The Balaban J connectivity index is 1.76. The number of fused-ring (bicyclic) bond motifs is 1. The number of nitrogens with one attached hydrogen (secondary N) is 1. The minimum atomic E-state index is -1.25. The van der Waals surface area contributed by atoms with Gasteiger partial charge in [0.15, 0.2) is 23.9 Å². The topological polar surface area (TPSA) is 60.0 Å². The maximum Gasteiger partial charge on any atom is 0.191 e. The van der Waals surface area contributed by atoms with Gasteiger partial charge in [0.25, 0.3) is 0 Å². The fraction of sp³-hybridized carbons (Fsp3) is 0.625. The van der Waals surface area contributed by atoms with Crippen LogP contribution in [0.25, 0.3) is 0 Å². The van der Waals surface area contributed by atoms with Crippen LogP contribution in [-0.4, -0.2) is 35.1 Å². The quantitative estimate of drug-likeness (QED) is 0.828. The molecule has 2 fully saturated rings. The molecule has 0 aliphatic carbocycles. The fourth-order valence-electron chi connectivity index (χ4n) is 3.04. The highest BCUT2D eigenvalue weighted by Gasteiger charge is 2.62. The van der Waals surface area contributed by atoms with Crippen LogP contribution in [0.4, 0.5) is 0 Å².